The number of sulfonamides is 1. The molecule has 34 heavy (non-hydrogen) atoms. The van der Waals surface area contributed by atoms with E-state index in [9.17, 15) is 22.4 Å². The summed E-state index contributed by atoms with van der Waals surface area (Å²) in [5.41, 5.74) is 1.55. The van der Waals surface area contributed by atoms with Crippen LogP contribution in [0.5, 0.6) is 0 Å². The first-order valence-electron chi connectivity index (χ1n) is 11.3. The number of likely N-dealkylation sites (N-methyl/N-ethyl adjacent to an activating group) is 1. The van der Waals surface area contributed by atoms with Crippen LogP contribution in [0, 0.1) is 18.7 Å². The predicted molar refractivity (Wildman–Crippen MR) is 130 cm³/mol. The van der Waals surface area contributed by atoms with E-state index >= 15 is 0 Å². The molecule has 186 valence electrons. The number of rotatable bonds is 11. The second kappa shape index (κ2) is 12.1. The topological polar surface area (TPSA) is 86.8 Å². The van der Waals surface area contributed by atoms with E-state index < -0.39 is 34.3 Å². The van der Waals surface area contributed by atoms with Crippen LogP contribution in [0.3, 0.4) is 0 Å². The molecule has 2 aromatic carbocycles. The number of benzene rings is 2. The number of hydrogen-bond donors (Lipinski definition) is 1. The van der Waals surface area contributed by atoms with Gasteiger partial charge in [-0.2, -0.15) is 4.31 Å². The van der Waals surface area contributed by atoms with Crippen molar-refractivity contribution >= 4 is 21.8 Å². The molecule has 1 atom stereocenters. The lowest BCUT2D eigenvalue weighted by molar-refractivity contribution is -0.141. The maximum Gasteiger partial charge on any atom is 0.243 e. The van der Waals surface area contributed by atoms with Gasteiger partial charge in [-0.1, -0.05) is 50.6 Å². The molecule has 2 rings (SSSR count). The van der Waals surface area contributed by atoms with Crippen LogP contribution in [0.1, 0.15) is 38.3 Å². The van der Waals surface area contributed by atoms with E-state index in [1.807, 2.05) is 20.8 Å². The van der Waals surface area contributed by atoms with E-state index in [0.29, 0.717) is 18.5 Å². The fourth-order valence-corrected chi connectivity index (χ4v) is 4.51. The summed E-state index contributed by atoms with van der Waals surface area (Å²) in [5, 5.41) is 2.85. The molecule has 1 N–H and O–H groups in total. The minimum Gasteiger partial charge on any atom is -0.354 e. The molecule has 0 aromatic heterocycles. The SMILES string of the molecule is CC[C@H](C(=O)NCC(C)C)N(Cc1ccc(F)cc1)C(=O)CN(C)S(=O)(=O)c1ccc(C)cc1. The molecule has 0 radical (unpaired) electrons. The van der Waals surface area contributed by atoms with Crippen molar-refractivity contribution in [3.8, 4) is 0 Å². The highest BCUT2D eigenvalue weighted by Gasteiger charge is 2.31. The van der Waals surface area contributed by atoms with Crippen molar-refractivity contribution in [2.24, 2.45) is 5.92 Å². The Bertz CT molecular complexity index is 1070. The van der Waals surface area contributed by atoms with Crippen LogP contribution >= 0.6 is 0 Å². The second-order valence-electron chi connectivity index (χ2n) is 8.79. The van der Waals surface area contributed by atoms with Crippen molar-refractivity contribution in [2.75, 3.05) is 20.1 Å². The van der Waals surface area contributed by atoms with Gasteiger partial charge in [-0.05, 0) is 49.1 Å². The average molecular weight is 492 g/mol. The maximum absolute atomic E-state index is 13.4. The molecule has 0 aliphatic heterocycles. The lowest BCUT2D eigenvalue weighted by Gasteiger charge is -2.32. The minimum absolute atomic E-state index is 0.0468. The molecule has 2 amide bonds. The van der Waals surface area contributed by atoms with Crippen LogP contribution in [-0.2, 0) is 26.2 Å². The highest BCUT2D eigenvalue weighted by molar-refractivity contribution is 7.89. The summed E-state index contributed by atoms with van der Waals surface area (Å²) in [7, 11) is -2.56. The van der Waals surface area contributed by atoms with Gasteiger partial charge in [-0.15, -0.1) is 0 Å². The first kappa shape index (κ1) is 27.5. The zero-order valence-electron chi connectivity index (χ0n) is 20.4. The maximum atomic E-state index is 13.4. The number of hydrogen-bond acceptors (Lipinski definition) is 4. The average Bonchev–Trinajstić information content (AvgIpc) is 2.79. The zero-order valence-corrected chi connectivity index (χ0v) is 21.2. The van der Waals surface area contributed by atoms with Crippen molar-refractivity contribution in [2.45, 2.75) is 51.6 Å². The van der Waals surface area contributed by atoms with E-state index in [1.54, 1.807) is 31.2 Å². The number of carbonyl (C=O) groups is 2. The molecular weight excluding hydrogens is 457 g/mol. The number of halogens is 1. The third-order valence-corrected chi connectivity index (χ3v) is 7.24. The van der Waals surface area contributed by atoms with Gasteiger partial charge in [0, 0.05) is 20.1 Å². The molecule has 0 saturated heterocycles. The molecule has 0 heterocycles. The Morgan fingerprint density at radius 3 is 2.15 bits per heavy atom. The smallest absolute Gasteiger partial charge is 0.243 e. The molecule has 0 aliphatic carbocycles. The number of amides is 2. The lowest BCUT2D eigenvalue weighted by atomic mass is 10.1. The van der Waals surface area contributed by atoms with E-state index in [1.165, 1.54) is 36.2 Å². The molecule has 0 saturated carbocycles. The van der Waals surface area contributed by atoms with Crippen LogP contribution in [0.15, 0.2) is 53.4 Å². The Morgan fingerprint density at radius 2 is 1.62 bits per heavy atom. The summed E-state index contributed by atoms with van der Waals surface area (Å²) in [6, 6.07) is 11.2. The van der Waals surface area contributed by atoms with Gasteiger partial charge in [0.2, 0.25) is 21.8 Å². The van der Waals surface area contributed by atoms with Gasteiger partial charge in [0.25, 0.3) is 0 Å². The van der Waals surface area contributed by atoms with Gasteiger partial charge in [0.1, 0.15) is 11.9 Å². The molecule has 9 heteroatoms. The van der Waals surface area contributed by atoms with Crippen LogP contribution in [0.2, 0.25) is 0 Å². The number of nitrogens with zero attached hydrogens (tertiary/aromatic N) is 2. The van der Waals surface area contributed by atoms with Gasteiger partial charge in [0.15, 0.2) is 0 Å². The van der Waals surface area contributed by atoms with Crippen LogP contribution in [-0.4, -0.2) is 55.6 Å². The first-order valence-corrected chi connectivity index (χ1v) is 12.7. The van der Waals surface area contributed by atoms with Crippen molar-refractivity contribution in [1.29, 1.82) is 0 Å². The molecule has 0 spiro atoms. The van der Waals surface area contributed by atoms with Gasteiger partial charge < -0.3 is 10.2 Å². The number of carbonyl (C=O) groups excluding carboxylic acids is 2. The highest BCUT2D eigenvalue weighted by atomic mass is 32.2. The summed E-state index contributed by atoms with van der Waals surface area (Å²) in [5.74, 6) is -1.01. The Hall–Kier alpha value is -2.78. The van der Waals surface area contributed by atoms with Crippen LogP contribution in [0.4, 0.5) is 4.39 Å². The molecular formula is C25H34FN3O4S. The monoisotopic (exact) mass is 491 g/mol. The predicted octanol–water partition coefficient (Wildman–Crippen LogP) is 3.33. The normalized spacial score (nSPS) is 12.6. The first-order chi connectivity index (χ1) is 15.9. The second-order valence-corrected chi connectivity index (χ2v) is 10.8. The summed E-state index contributed by atoms with van der Waals surface area (Å²) >= 11 is 0. The standard InChI is InChI=1S/C25H34FN3O4S/c1-6-23(25(31)27-15-18(2)3)29(16-20-9-11-21(26)12-10-20)24(30)17-28(5)34(32,33)22-13-7-19(4)8-14-22/h7-14,18,23H,6,15-17H2,1-5H3,(H,27,31)/t23-/m1/s1. The summed E-state index contributed by atoms with van der Waals surface area (Å²) in [6.45, 7) is 7.64. The van der Waals surface area contributed by atoms with Crippen molar-refractivity contribution in [1.82, 2.24) is 14.5 Å². The molecule has 0 aliphatic rings. The Labute approximate surface area is 202 Å². The highest BCUT2D eigenvalue weighted by Crippen LogP contribution is 2.18. The lowest BCUT2D eigenvalue weighted by Crippen LogP contribution is -2.52. The van der Waals surface area contributed by atoms with Gasteiger partial charge >= 0.3 is 0 Å². The van der Waals surface area contributed by atoms with Crippen molar-refractivity contribution in [3.05, 3.63) is 65.5 Å². The zero-order chi connectivity index (χ0) is 25.5. The molecule has 2 aromatic rings. The van der Waals surface area contributed by atoms with E-state index in [4.69, 9.17) is 0 Å². The Morgan fingerprint density at radius 1 is 1.03 bits per heavy atom. The third kappa shape index (κ3) is 7.36. The van der Waals surface area contributed by atoms with Crippen LogP contribution < -0.4 is 5.32 Å². The van der Waals surface area contributed by atoms with Gasteiger partial charge in [0.05, 0.1) is 11.4 Å². The quantitative estimate of drug-likeness (QED) is 0.522. The molecule has 0 unspecified atom stereocenters. The third-order valence-electron chi connectivity index (χ3n) is 5.42. The van der Waals surface area contributed by atoms with E-state index in [0.717, 1.165) is 9.87 Å². The van der Waals surface area contributed by atoms with Gasteiger partial charge in [-0.3, -0.25) is 9.59 Å². The fourth-order valence-electron chi connectivity index (χ4n) is 3.39. The number of aryl methyl sites for hydroxylation is 1. The summed E-state index contributed by atoms with van der Waals surface area (Å²) in [6.07, 6.45) is 0.339. The van der Waals surface area contributed by atoms with E-state index in [-0.39, 0.29) is 23.3 Å². The fraction of sp³-hybridized carbons (Fsp3) is 0.440. The van der Waals surface area contributed by atoms with Gasteiger partial charge in [-0.25, -0.2) is 12.8 Å². The molecule has 7 nitrogen and oxygen atoms in total. The summed E-state index contributed by atoms with van der Waals surface area (Å²) < 4.78 is 40.3. The van der Waals surface area contributed by atoms with Crippen molar-refractivity contribution in [3.63, 3.8) is 0 Å². The molecule has 0 fully saturated rings. The van der Waals surface area contributed by atoms with Crippen LogP contribution in [0.25, 0.3) is 0 Å². The number of nitrogens with one attached hydrogen (secondary N) is 1. The molecule has 0 bridgehead atoms. The Balaban J connectivity index is 2.30. The summed E-state index contributed by atoms with van der Waals surface area (Å²) in [4.78, 5) is 27.7. The largest absolute Gasteiger partial charge is 0.354 e. The van der Waals surface area contributed by atoms with Crippen molar-refractivity contribution < 1.29 is 22.4 Å². The Kier molecular flexibility index (Phi) is 9.76. The van der Waals surface area contributed by atoms with E-state index in [2.05, 4.69) is 5.32 Å². The minimum atomic E-state index is -3.90.